The van der Waals surface area contributed by atoms with Crippen molar-refractivity contribution in [2.75, 3.05) is 6.61 Å². The monoisotopic (exact) mass is 437 g/mol. The predicted molar refractivity (Wildman–Crippen MR) is 114 cm³/mol. The number of hydrogen-bond donors (Lipinski definition) is 3. The Morgan fingerprint density at radius 2 is 2.19 bits per heavy atom. The molecule has 32 heavy (non-hydrogen) atoms. The molecular formula is C24H24FN3O4. The molecule has 8 heteroatoms. The number of carbonyl (C=O) groups is 1. The summed E-state index contributed by atoms with van der Waals surface area (Å²) >= 11 is 0. The van der Waals surface area contributed by atoms with Gasteiger partial charge in [-0.15, -0.1) is 0 Å². The van der Waals surface area contributed by atoms with Crippen LogP contribution in [-0.4, -0.2) is 44.5 Å². The highest BCUT2D eigenvalue weighted by atomic mass is 19.1. The van der Waals surface area contributed by atoms with Crippen molar-refractivity contribution < 1.29 is 24.1 Å². The molecule has 4 heterocycles. The minimum absolute atomic E-state index is 0.0788. The van der Waals surface area contributed by atoms with Gasteiger partial charge in [0.2, 0.25) is 0 Å². The fourth-order valence-corrected chi connectivity index (χ4v) is 5.74. The highest BCUT2D eigenvalue weighted by molar-refractivity contribution is 5.94. The number of carbonyl (C=O) groups excluding carboxylic acids is 1. The van der Waals surface area contributed by atoms with Crippen LogP contribution in [-0.2, 0) is 22.5 Å². The molecule has 166 valence electrons. The van der Waals surface area contributed by atoms with Crippen LogP contribution < -0.4 is 5.73 Å². The number of cyclic esters (lactones) is 1. The van der Waals surface area contributed by atoms with Crippen molar-refractivity contribution in [2.45, 2.75) is 57.5 Å². The van der Waals surface area contributed by atoms with Crippen LogP contribution in [0.3, 0.4) is 0 Å². The molecule has 4 aliphatic rings. The van der Waals surface area contributed by atoms with E-state index < -0.39 is 17.8 Å². The predicted octanol–water partition coefficient (Wildman–Crippen LogP) is 2.11. The summed E-state index contributed by atoms with van der Waals surface area (Å²) in [5, 5.41) is 23.2. The van der Waals surface area contributed by atoms with Gasteiger partial charge in [0.05, 0.1) is 16.9 Å². The fourth-order valence-electron chi connectivity index (χ4n) is 5.74. The van der Waals surface area contributed by atoms with Crippen LogP contribution in [0.15, 0.2) is 23.3 Å². The van der Waals surface area contributed by atoms with E-state index in [0.717, 1.165) is 22.1 Å². The quantitative estimate of drug-likeness (QED) is 0.587. The first kappa shape index (κ1) is 19.8. The van der Waals surface area contributed by atoms with E-state index in [4.69, 9.17) is 15.5 Å². The summed E-state index contributed by atoms with van der Waals surface area (Å²) in [6.07, 6.45) is 2.17. The average molecular weight is 437 g/mol. The molecule has 0 amide bonds. The molecule has 0 saturated heterocycles. The number of benzene rings is 1. The number of nitrogens with zero attached hydrogens (tertiary/aromatic N) is 2. The second kappa shape index (κ2) is 6.37. The van der Waals surface area contributed by atoms with Gasteiger partial charge in [0, 0.05) is 40.7 Å². The topological polar surface area (TPSA) is 109 Å². The number of aromatic nitrogens is 1. The molecule has 0 fully saturated rings. The number of rotatable bonds is 1. The van der Waals surface area contributed by atoms with Gasteiger partial charge in [-0.2, -0.15) is 0 Å². The van der Waals surface area contributed by atoms with E-state index in [1.54, 1.807) is 24.8 Å². The third kappa shape index (κ3) is 2.29. The van der Waals surface area contributed by atoms with E-state index >= 15 is 0 Å². The summed E-state index contributed by atoms with van der Waals surface area (Å²) in [5.41, 5.74) is 10.7. The first-order valence-electron chi connectivity index (χ1n) is 11.0. The SMILES string of the molecule is CCC1(O)C(=O)OCC2=C1C=C1c3nc4cc(F)c(C)c5c4c(c3CN1C2O)C(N)CC5. The Kier molecular flexibility index (Phi) is 3.95. The van der Waals surface area contributed by atoms with Gasteiger partial charge in [-0.25, -0.2) is 14.2 Å². The first-order valence-corrected chi connectivity index (χ1v) is 11.0. The van der Waals surface area contributed by atoms with Crippen LogP contribution in [0.5, 0.6) is 0 Å². The number of halogens is 1. The van der Waals surface area contributed by atoms with Crippen molar-refractivity contribution in [1.82, 2.24) is 9.88 Å². The molecule has 1 aromatic carbocycles. The molecule has 4 N–H and O–H groups in total. The molecule has 3 aliphatic heterocycles. The zero-order valence-corrected chi connectivity index (χ0v) is 17.9. The summed E-state index contributed by atoms with van der Waals surface area (Å²) in [5.74, 6) is -1.02. The third-order valence-electron chi connectivity index (χ3n) is 7.59. The fraction of sp³-hybridized carbons (Fsp3) is 0.417. The minimum atomic E-state index is -1.83. The van der Waals surface area contributed by atoms with Crippen LogP contribution >= 0.6 is 0 Å². The zero-order valence-electron chi connectivity index (χ0n) is 17.9. The van der Waals surface area contributed by atoms with E-state index in [2.05, 4.69) is 0 Å². The van der Waals surface area contributed by atoms with Crippen molar-refractivity contribution >= 4 is 22.6 Å². The number of hydrogen-bond acceptors (Lipinski definition) is 7. The van der Waals surface area contributed by atoms with Crippen molar-refractivity contribution in [3.05, 3.63) is 57.1 Å². The van der Waals surface area contributed by atoms with Crippen molar-refractivity contribution in [1.29, 1.82) is 0 Å². The molecule has 3 unspecified atom stereocenters. The highest BCUT2D eigenvalue weighted by Gasteiger charge is 2.50. The van der Waals surface area contributed by atoms with Gasteiger partial charge in [-0.1, -0.05) is 6.92 Å². The lowest BCUT2D eigenvalue weighted by Crippen LogP contribution is -2.50. The number of aliphatic hydroxyl groups is 2. The molecule has 1 aliphatic carbocycles. The van der Waals surface area contributed by atoms with E-state index in [-0.39, 0.29) is 24.9 Å². The van der Waals surface area contributed by atoms with Crippen molar-refractivity contribution in [3.63, 3.8) is 0 Å². The standard InChI is InChI=1S/C24H24FN3O4/c1-3-24(31)14-6-18-21-12(8-28(18)22(29)13(14)9-32-23(24)30)19-16(26)5-4-11-10(2)15(25)7-17(27-21)20(11)19/h6-7,16,22,29,31H,3-5,8-9,26H2,1-2H3. The smallest absolute Gasteiger partial charge is 0.343 e. The lowest BCUT2D eigenvalue weighted by molar-refractivity contribution is -0.164. The number of esters is 1. The van der Waals surface area contributed by atoms with Gasteiger partial charge >= 0.3 is 5.97 Å². The van der Waals surface area contributed by atoms with E-state index in [9.17, 15) is 19.4 Å². The number of nitrogens with two attached hydrogens (primary N) is 1. The lowest BCUT2D eigenvalue weighted by atomic mass is 9.81. The maximum atomic E-state index is 14.7. The molecule has 0 bridgehead atoms. The summed E-state index contributed by atoms with van der Waals surface area (Å²) < 4.78 is 19.9. The molecule has 3 atom stereocenters. The van der Waals surface area contributed by atoms with Crippen LogP contribution in [0.25, 0.3) is 16.6 Å². The van der Waals surface area contributed by atoms with Gasteiger partial charge in [0.1, 0.15) is 12.4 Å². The van der Waals surface area contributed by atoms with Crippen LogP contribution in [0, 0.1) is 12.7 Å². The molecule has 0 spiro atoms. The summed E-state index contributed by atoms with van der Waals surface area (Å²) in [4.78, 5) is 19.0. The Balaban J connectivity index is 1.63. The molecule has 2 aromatic rings. The number of aliphatic hydroxyl groups excluding tert-OH is 1. The minimum Gasteiger partial charge on any atom is -0.459 e. The first-order chi connectivity index (χ1) is 15.3. The second-order valence-corrected chi connectivity index (χ2v) is 9.11. The average Bonchev–Trinajstić information content (AvgIpc) is 3.14. The van der Waals surface area contributed by atoms with Crippen LogP contribution in [0.4, 0.5) is 4.39 Å². The lowest BCUT2D eigenvalue weighted by Gasteiger charge is -2.40. The van der Waals surface area contributed by atoms with E-state index in [0.29, 0.717) is 53.0 Å². The van der Waals surface area contributed by atoms with Gasteiger partial charge in [-0.3, -0.25) is 0 Å². The van der Waals surface area contributed by atoms with Gasteiger partial charge in [0.15, 0.2) is 11.8 Å². The largest absolute Gasteiger partial charge is 0.459 e. The molecule has 0 radical (unpaired) electrons. The number of ether oxygens (including phenoxy) is 1. The Labute approximate surface area is 184 Å². The molecule has 0 saturated carbocycles. The van der Waals surface area contributed by atoms with Gasteiger partial charge in [0.25, 0.3) is 0 Å². The highest BCUT2D eigenvalue weighted by Crippen LogP contribution is 2.48. The molecule has 6 rings (SSSR count). The zero-order chi connectivity index (χ0) is 22.5. The van der Waals surface area contributed by atoms with Gasteiger partial charge in [-0.05, 0) is 49.0 Å². The molecule has 7 nitrogen and oxygen atoms in total. The summed E-state index contributed by atoms with van der Waals surface area (Å²) in [6.45, 7) is 3.79. The van der Waals surface area contributed by atoms with Crippen LogP contribution in [0.2, 0.25) is 0 Å². The van der Waals surface area contributed by atoms with Crippen LogP contribution in [0.1, 0.15) is 53.8 Å². The molecule has 1 aromatic heterocycles. The third-order valence-corrected chi connectivity index (χ3v) is 7.59. The normalized spacial score (nSPS) is 28.4. The maximum absolute atomic E-state index is 14.7. The Morgan fingerprint density at radius 1 is 1.41 bits per heavy atom. The molecular weight excluding hydrogens is 413 g/mol. The van der Waals surface area contributed by atoms with E-state index in [1.807, 2.05) is 0 Å². The van der Waals surface area contributed by atoms with E-state index in [1.165, 1.54) is 6.07 Å². The number of pyridine rings is 1. The Morgan fingerprint density at radius 3 is 2.94 bits per heavy atom. The second-order valence-electron chi connectivity index (χ2n) is 9.11. The van der Waals surface area contributed by atoms with Gasteiger partial charge < -0.3 is 25.6 Å². The number of fused-ring (bicyclic) bond motifs is 4. The van der Waals surface area contributed by atoms with Crippen molar-refractivity contribution in [2.24, 2.45) is 5.73 Å². The summed E-state index contributed by atoms with van der Waals surface area (Å²) in [7, 11) is 0. The summed E-state index contributed by atoms with van der Waals surface area (Å²) in [6, 6.07) is 1.23. The Hall–Kier alpha value is -2.81. The number of aryl methyl sites for hydroxylation is 1. The Bertz CT molecular complexity index is 1300. The maximum Gasteiger partial charge on any atom is 0.343 e. The van der Waals surface area contributed by atoms with Crippen molar-refractivity contribution in [3.8, 4) is 0 Å².